The van der Waals surface area contributed by atoms with Crippen molar-refractivity contribution < 1.29 is 9.59 Å². The number of hydrogen-bond donors (Lipinski definition) is 0. The summed E-state index contributed by atoms with van der Waals surface area (Å²) in [6.45, 7) is 0.676. The average molecular weight is 456 g/mol. The maximum atomic E-state index is 13.3. The van der Waals surface area contributed by atoms with E-state index in [1.165, 1.54) is 11.8 Å². The van der Waals surface area contributed by atoms with Crippen LogP contribution in [0.2, 0.25) is 0 Å². The van der Waals surface area contributed by atoms with E-state index in [-0.39, 0.29) is 23.0 Å². The zero-order valence-electron chi connectivity index (χ0n) is 17.8. The second kappa shape index (κ2) is 9.03. The minimum atomic E-state index is -0.170. The van der Waals surface area contributed by atoms with Gasteiger partial charge in [-0.1, -0.05) is 54.2 Å². The van der Waals surface area contributed by atoms with Crippen LogP contribution in [0.25, 0.3) is 16.6 Å². The number of hydrogen-bond acceptors (Lipinski definition) is 5. The summed E-state index contributed by atoms with van der Waals surface area (Å²) < 4.78 is 1.56. The molecule has 4 aromatic rings. The molecule has 0 radical (unpaired) electrons. The zero-order valence-corrected chi connectivity index (χ0v) is 18.6. The van der Waals surface area contributed by atoms with Crippen LogP contribution in [0.15, 0.2) is 88.8 Å². The van der Waals surface area contributed by atoms with Gasteiger partial charge in [-0.15, -0.1) is 0 Å². The molecule has 0 bridgehead atoms. The third-order valence-electron chi connectivity index (χ3n) is 5.64. The van der Waals surface area contributed by atoms with Gasteiger partial charge in [0.05, 0.1) is 22.3 Å². The van der Waals surface area contributed by atoms with Gasteiger partial charge >= 0.3 is 0 Å². The number of nitrogens with zero attached hydrogens (tertiary/aromatic N) is 3. The Hall–Kier alpha value is -3.71. The highest BCUT2D eigenvalue weighted by Crippen LogP contribution is 2.25. The van der Waals surface area contributed by atoms with Crippen molar-refractivity contribution in [3.05, 3.63) is 94.8 Å². The minimum Gasteiger partial charge on any atom is -0.312 e. The quantitative estimate of drug-likeness (QED) is 0.243. The zero-order chi connectivity index (χ0) is 22.8. The van der Waals surface area contributed by atoms with Crippen LogP contribution in [0, 0.1) is 0 Å². The largest absolute Gasteiger partial charge is 0.312 e. The molecule has 164 valence electrons. The summed E-state index contributed by atoms with van der Waals surface area (Å²) in [5.74, 6) is 0.117. The average Bonchev–Trinajstić information content (AvgIpc) is 3.29. The van der Waals surface area contributed by atoms with E-state index < -0.39 is 0 Å². The number of rotatable bonds is 6. The van der Waals surface area contributed by atoms with Crippen LogP contribution < -0.4 is 10.5 Å². The molecule has 1 amide bonds. The van der Waals surface area contributed by atoms with Crippen molar-refractivity contribution in [1.82, 2.24) is 9.55 Å². The van der Waals surface area contributed by atoms with E-state index in [0.717, 1.165) is 12.1 Å². The van der Waals surface area contributed by atoms with Crippen LogP contribution in [0.3, 0.4) is 0 Å². The fraction of sp³-hybridized carbons (Fsp3) is 0.154. The van der Waals surface area contributed by atoms with Crippen molar-refractivity contribution in [2.45, 2.75) is 18.0 Å². The van der Waals surface area contributed by atoms with Crippen molar-refractivity contribution in [2.75, 3.05) is 17.2 Å². The maximum Gasteiger partial charge on any atom is 0.266 e. The van der Waals surface area contributed by atoms with Crippen LogP contribution in [0.5, 0.6) is 0 Å². The van der Waals surface area contributed by atoms with E-state index in [0.29, 0.717) is 40.3 Å². The smallest absolute Gasteiger partial charge is 0.266 e. The van der Waals surface area contributed by atoms with Gasteiger partial charge < -0.3 is 4.90 Å². The Bertz CT molecular complexity index is 1420. The molecule has 1 saturated heterocycles. The number of Topliss-reactive ketones (excluding diaryl/α,β-unsaturated/α-hetero) is 1. The molecule has 33 heavy (non-hydrogen) atoms. The lowest BCUT2D eigenvalue weighted by Gasteiger charge is -2.16. The molecular weight excluding hydrogens is 434 g/mol. The summed E-state index contributed by atoms with van der Waals surface area (Å²) in [4.78, 5) is 44.8. The Morgan fingerprint density at radius 3 is 2.45 bits per heavy atom. The molecule has 1 aliphatic rings. The minimum absolute atomic E-state index is 0.0845. The Labute approximate surface area is 194 Å². The van der Waals surface area contributed by atoms with Gasteiger partial charge in [0, 0.05) is 24.2 Å². The van der Waals surface area contributed by atoms with Crippen molar-refractivity contribution in [3.63, 3.8) is 0 Å². The van der Waals surface area contributed by atoms with Crippen molar-refractivity contribution in [3.8, 4) is 5.69 Å². The highest BCUT2D eigenvalue weighted by Gasteiger charge is 2.22. The van der Waals surface area contributed by atoms with Crippen molar-refractivity contribution >= 4 is 40.0 Å². The van der Waals surface area contributed by atoms with Crippen LogP contribution >= 0.6 is 11.8 Å². The van der Waals surface area contributed by atoms with Gasteiger partial charge in [0.1, 0.15) is 0 Å². The van der Waals surface area contributed by atoms with Gasteiger partial charge in [-0.05, 0) is 42.8 Å². The SMILES string of the molecule is O=C(CSc1nc2ccccc2c(=O)n1-c1ccccc1)c1cccc(N2CCCC2=O)c1. The molecule has 0 N–H and O–H groups in total. The third kappa shape index (κ3) is 4.19. The monoisotopic (exact) mass is 455 g/mol. The molecule has 7 heteroatoms. The van der Waals surface area contributed by atoms with E-state index in [9.17, 15) is 14.4 Å². The van der Waals surface area contributed by atoms with Gasteiger partial charge in [0.2, 0.25) is 5.91 Å². The summed E-state index contributed by atoms with van der Waals surface area (Å²) >= 11 is 1.23. The Morgan fingerprint density at radius 1 is 0.909 bits per heavy atom. The molecule has 1 aliphatic heterocycles. The lowest BCUT2D eigenvalue weighted by atomic mass is 10.1. The Balaban J connectivity index is 1.46. The predicted molar refractivity (Wildman–Crippen MR) is 130 cm³/mol. The number of carbonyl (C=O) groups is 2. The molecule has 6 nitrogen and oxygen atoms in total. The number of fused-ring (bicyclic) bond motifs is 1. The summed E-state index contributed by atoms with van der Waals surface area (Å²) in [5, 5.41) is 0.990. The molecule has 0 aliphatic carbocycles. The van der Waals surface area contributed by atoms with Crippen LogP contribution in [-0.4, -0.2) is 33.5 Å². The molecule has 2 heterocycles. The van der Waals surface area contributed by atoms with Gasteiger partial charge in [0.15, 0.2) is 10.9 Å². The number of amides is 1. The van der Waals surface area contributed by atoms with E-state index in [4.69, 9.17) is 0 Å². The summed E-state index contributed by atoms with van der Waals surface area (Å²) in [6, 6.07) is 23.7. The molecular formula is C26H21N3O3S. The predicted octanol–water partition coefficient (Wildman–Crippen LogP) is 4.49. The van der Waals surface area contributed by atoms with E-state index >= 15 is 0 Å². The van der Waals surface area contributed by atoms with Crippen LogP contribution in [0.1, 0.15) is 23.2 Å². The second-order valence-corrected chi connectivity index (χ2v) is 8.74. The summed E-state index contributed by atoms with van der Waals surface area (Å²) in [7, 11) is 0. The van der Waals surface area contributed by atoms with Crippen LogP contribution in [0.4, 0.5) is 5.69 Å². The summed E-state index contributed by atoms with van der Waals surface area (Å²) in [5.41, 5.74) is 2.41. The van der Waals surface area contributed by atoms with Gasteiger partial charge in [-0.25, -0.2) is 4.98 Å². The lowest BCUT2D eigenvalue weighted by molar-refractivity contribution is -0.117. The highest BCUT2D eigenvalue weighted by molar-refractivity contribution is 7.99. The molecule has 1 aromatic heterocycles. The molecule has 5 rings (SSSR count). The molecule has 3 aromatic carbocycles. The number of thioether (sulfide) groups is 1. The number of anilines is 1. The lowest BCUT2D eigenvalue weighted by Crippen LogP contribution is -2.24. The van der Waals surface area contributed by atoms with Gasteiger partial charge in [-0.2, -0.15) is 0 Å². The Morgan fingerprint density at radius 2 is 1.67 bits per heavy atom. The first-order valence-electron chi connectivity index (χ1n) is 10.8. The molecule has 1 fully saturated rings. The second-order valence-electron chi connectivity index (χ2n) is 7.80. The molecule has 0 saturated carbocycles. The number of benzene rings is 3. The van der Waals surface area contributed by atoms with Gasteiger partial charge in [-0.3, -0.25) is 19.0 Å². The summed E-state index contributed by atoms with van der Waals surface area (Å²) in [6.07, 6.45) is 1.37. The van der Waals surface area contributed by atoms with E-state index in [1.54, 1.807) is 39.8 Å². The normalized spacial score (nSPS) is 13.6. The number of ketones is 1. The first-order valence-corrected chi connectivity index (χ1v) is 11.7. The van der Waals surface area contributed by atoms with E-state index in [1.807, 2.05) is 48.5 Å². The van der Waals surface area contributed by atoms with Crippen LogP contribution in [-0.2, 0) is 4.79 Å². The fourth-order valence-electron chi connectivity index (χ4n) is 4.00. The fourth-order valence-corrected chi connectivity index (χ4v) is 4.90. The van der Waals surface area contributed by atoms with Crippen molar-refractivity contribution in [1.29, 1.82) is 0 Å². The molecule has 0 atom stereocenters. The standard InChI is InChI=1S/C26H21N3O3S/c30-23(18-8-6-11-20(16-18)28-15-7-14-24(28)31)17-33-26-27-22-13-5-4-12-21(22)25(32)29(26)19-9-2-1-3-10-19/h1-6,8-13,16H,7,14-15,17H2. The highest BCUT2D eigenvalue weighted by atomic mass is 32.2. The maximum absolute atomic E-state index is 13.3. The number of aromatic nitrogens is 2. The molecule has 0 unspecified atom stereocenters. The van der Waals surface area contributed by atoms with Crippen molar-refractivity contribution in [2.24, 2.45) is 0 Å². The first-order chi connectivity index (χ1) is 16.1. The number of para-hydroxylation sites is 2. The number of carbonyl (C=O) groups excluding carboxylic acids is 2. The third-order valence-corrected chi connectivity index (χ3v) is 6.58. The Kier molecular flexibility index (Phi) is 5.79. The van der Waals surface area contributed by atoms with E-state index in [2.05, 4.69) is 4.98 Å². The molecule has 0 spiro atoms. The first kappa shape index (κ1) is 21.2. The topological polar surface area (TPSA) is 72.3 Å². The van der Waals surface area contributed by atoms with Gasteiger partial charge in [0.25, 0.3) is 5.56 Å².